The Hall–Kier alpha value is -1.21. The maximum atomic E-state index is 11.5. The summed E-state index contributed by atoms with van der Waals surface area (Å²) in [6.07, 6.45) is 3.26. The van der Waals surface area contributed by atoms with E-state index < -0.39 is 15.9 Å². The van der Waals surface area contributed by atoms with Gasteiger partial charge in [0.15, 0.2) is 0 Å². The summed E-state index contributed by atoms with van der Waals surface area (Å²) in [6, 6.07) is -0.0691. The van der Waals surface area contributed by atoms with Gasteiger partial charge in [0.2, 0.25) is 15.0 Å². The van der Waals surface area contributed by atoms with Crippen LogP contribution in [-0.2, 0) is 9.84 Å². The number of aryl methyl sites for hydroxylation is 1. The van der Waals surface area contributed by atoms with Crippen LogP contribution in [0.1, 0.15) is 30.5 Å². The summed E-state index contributed by atoms with van der Waals surface area (Å²) in [7, 11) is -3.44. The highest BCUT2D eigenvalue weighted by Gasteiger charge is 2.26. The Morgan fingerprint density at radius 1 is 1.26 bits per heavy atom. The van der Waals surface area contributed by atoms with E-state index in [4.69, 9.17) is 0 Å². The van der Waals surface area contributed by atoms with E-state index in [1.54, 1.807) is 6.92 Å². The lowest BCUT2D eigenvalue weighted by Crippen LogP contribution is -2.29. The molecule has 1 fully saturated rings. The lowest BCUT2D eigenvalue weighted by Gasteiger charge is -2.19. The molecule has 1 aliphatic carbocycles. The number of hydrogen-bond donors (Lipinski definition) is 2. The van der Waals surface area contributed by atoms with E-state index in [2.05, 4.69) is 15.3 Å². The van der Waals surface area contributed by atoms with Gasteiger partial charge in [0.25, 0.3) is 0 Å². The topological polar surface area (TPSA) is 92.2 Å². The van der Waals surface area contributed by atoms with Crippen molar-refractivity contribution >= 4 is 15.7 Å². The molecule has 6 nitrogen and oxygen atoms in total. The highest BCUT2D eigenvalue weighted by Crippen LogP contribution is 2.25. The molecule has 0 bridgehead atoms. The number of aromatic nitrogens is 2. The Morgan fingerprint density at radius 2 is 1.95 bits per heavy atom. The maximum Gasteiger partial charge on any atom is 0.248 e. The van der Waals surface area contributed by atoms with E-state index in [9.17, 15) is 13.5 Å². The summed E-state index contributed by atoms with van der Waals surface area (Å²) in [5.74, 6) is 0.499. The first-order valence-corrected chi connectivity index (χ1v) is 8.18. The molecule has 1 aliphatic rings. The third-order valence-electron chi connectivity index (χ3n) is 3.50. The van der Waals surface area contributed by atoms with Gasteiger partial charge in [0, 0.05) is 17.5 Å². The monoisotopic (exact) mass is 285 g/mol. The molecule has 2 atom stereocenters. The van der Waals surface area contributed by atoms with E-state index in [1.165, 1.54) is 0 Å². The van der Waals surface area contributed by atoms with Gasteiger partial charge >= 0.3 is 0 Å². The van der Waals surface area contributed by atoms with Crippen molar-refractivity contribution in [3.8, 4) is 0 Å². The fourth-order valence-electron chi connectivity index (χ4n) is 2.19. The number of aliphatic hydroxyl groups is 1. The van der Waals surface area contributed by atoms with Crippen molar-refractivity contribution in [2.75, 3.05) is 11.6 Å². The maximum absolute atomic E-state index is 11.5. The lowest BCUT2D eigenvalue weighted by atomic mass is 10.2. The van der Waals surface area contributed by atoms with Crippen LogP contribution >= 0.6 is 0 Å². The predicted molar refractivity (Wildman–Crippen MR) is 71.9 cm³/mol. The molecule has 0 saturated heterocycles. The van der Waals surface area contributed by atoms with Crippen LogP contribution < -0.4 is 5.32 Å². The van der Waals surface area contributed by atoms with Gasteiger partial charge in [-0.2, -0.15) is 0 Å². The van der Waals surface area contributed by atoms with Crippen LogP contribution in [-0.4, -0.2) is 41.9 Å². The van der Waals surface area contributed by atoms with Gasteiger partial charge in [-0.1, -0.05) is 0 Å². The average Bonchev–Trinajstić information content (AvgIpc) is 2.69. The van der Waals surface area contributed by atoms with Crippen molar-refractivity contribution < 1.29 is 13.5 Å². The summed E-state index contributed by atoms with van der Waals surface area (Å²) >= 11 is 0. The van der Waals surface area contributed by atoms with E-state index >= 15 is 0 Å². The minimum atomic E-state index is -3.44. The number of aliphatic hydroxyl groups excluding tert-OH is 1. The molecule has 7 heteroatoms. The second kappa shape index (κ2) is 5.05. The predicted octanol–water partition coefficient (Wildman–Crippen LogP) is 0.822. The van der Waals surface area contributed by atoms with Crippen molar-refractivity contribution in [1.29, 1.82) is 0 Å². The molecule has 0 unspecified atom stereocenters. The number of sulfone groups is 1. The third-order valence-corrected chi connectivity index (χ3v) is 4.35. The van der Waals surface area contributed by atoms with Gasteiger partial charge in [-0.05, 0) is 33.1 Å². The van der Waals surface area contributed by atoms with Crippen LogP contribution in [0.15, 0.2) is 5.16 Å². The molecule has 1 aromatic rings. The number of nitrogens with one attached hydrogen (secondary N) is 1. The minimum Gasteiger partial charge on any atom is -0.391 e. The number of rotatable bonds is 3. The smallest absolute Gasteiger partial charge is 0.248 e. The zero-order chi connectivity index (χ0) is 14.2. The Bertz CT molecular complexity index is 586. The van der Waals surface area contributed by atoms with Crippen LogP contribution in [0.4, 0.5) is 5.82 Å². The molecule has 1 saturated carbocycles. The summed E-state index contributed by atoms with van der Waals surface area (Å²) in [4.78, 5) is 8.08. The van der Waals surface area contributed by atoms with Gasteiger partial charge < -0.3 is 10.4 Å². The SMILES string of the molecule is Cc1nc(S(C)(=O)=O)nc(N[C@@H]2CCC[C@H]2O)c1C. The van der Waals surface area contributed by atoms with Gasteiger partial charge in [-0.15, -0.1) is 0 Å². The van der Waals surface area contributed by atoms with E-state index in [-0.39, 0.29) is 11.2 Å². The molecule has 19 heavy (non-hydrogen) atoms. The molecule has 106 valence electrons. The summed E-state index contributed by atoms with van der Waals surface area (Å²) in [5, 5.41) is 12.8. The normalized spacial score (nSPS) is 23.6. The van der Waals surface area contributed by atoms with Crippen LogP contribution in [0.3, 0.4) is 0 Å². The van der Waals surface area contributed by atoms with Gasteiger partial charge in [-0.25, -0.2) is 18.4 Å². The summed E-state index contributed by atoms with van der Waals surface area (Å²) in [5.41, 5.74) is 1.44. The Labute approximate surface area is 113 Å². The second-order valence-electron chi connectivity index (χ2n) is 5.09. The summed E-state index contributed by atoms with van der Waals surface area (Å²) < 4.78 is 23.1. The van der Waals surface area contributed by atoms with Crippen molar-refractivity contribution in [3.63, 3.8) is 0 Å². The fourth-order valence-corrected chi connectivity index (χ4v) is 2.75. The molecular weight excluding hydrogens is 266 g/mol. The highest BCUT2D eigenvalue weighted by molar-refractivity contribution is 7.90. The average molecular weight is 285 g/mol. The van der Waals surface area contributed by atoms with Crippen molar-refractivity contribution in [2.45, 2.75) is 50.4 Å². The molecule has 0 radical (unpaired) electrons. The van der Waals surface area contributed by atoms with Crippen LogP contribution in [0.5, 0.6) is 0 Å². The zero-order valence-electron chi connectivity index (χ0n) is 11.3. The van der Waals surface area contributed by atoms with Gasteiger partial charge in [0.05, 0.1) is 12.1 Å². The largest absolute Gasteiger partial charge is 0.391 e. The van der Waals surface area contributed by atoms with Crippen molar-refractivity contribution in [2.24, 2.45) is 0 Å². The van der Waals surface area contributed by atoms with E-state index in [0.29, 0.717) is 11.5 Å². The van der Waals surface area contributed by atoms with Crippen LogP contribution in [0.2, 0.25) is 0 Å². The second-order valence-corrected chi connectivity index (χ2v) is 7.00. The summed E-state index contributed by atoms with van der Waals surface area (Å²) in [6.45, 7) is 3.59. The molecule has 1 heterocycles. The molecule has 2 N–H and O–H groups in total. The highest BCUT2D eigenvalue weighted by atomic mass is 32.2. The Kier molecular flexibility index (Phi) is 3.78. The first-order valence-electron chi connectivity index (χ1n) is 6.29. The van der Waals surface area contributed by atoms with Crippen LogP contribution in [0.25, 0.3) is 0 Å². The Balaban J connectivity index is 2.36. The molecule has 0 aromatic carbocycles. The minimum absolute atomic E-state index is 0.0691. The van der Waals surface area contributed by atoms with E-state index in [1.807, 2.05) is 6.92 Å². The van der Waals surface area contributed by atoms with Crippen molar-refractivity contribution in [1.82, 2.24) is 9.97 Å². The molecule has 2 rings (SSSR count). The third kappa shape index (κ3) is 3.03. The first-order chi connectivity index (χ1) is 8.79. The number of nitrogens with zero attached hydrogens (tertiary/aromatic N) is 2. The van der Waals surface area contributed by atoms with Gasteiger partial charge in [0.1, 0.15) is 5.82 Å². The Morgan fingerprint density at radius 3 is 2.47 bits per heavy atom. The molecule has 0 spiro atoms. The quantitative estimate of drug-likeness (QED) is 0.799. The number of anilines is 1. The zero-order valence-corrected chi connectivity index (χ0v) is 12.2. The number of hydrogen-bond acceptors (Lipinski definition) is 6. The van der Waals surface area contributed by atoms with Crippen LogP contribution in [0, 0.1) is 13.8 Å². The first kappa shape index (κ1) is 14.2. The lowest BCUT2D eigenvalue weighted by molar-refractivity contribution is 0.171. The molecule has 0 amide bonds. The fraction of sp³-hybridized carbons (Fsp3) is 0.667. The standard InChI is InChI=1S/C12H19N3O3S/c1-7-8(2)13-12(19(3,17)18)15-11(7)14-9-5-4-6-10(9)16/h9-10,16H,4-6H2,1-3H3,(H,13,14,15)/t9-,10-/m1/s1. The van der Waals surface area contributed by atoms with Gasteiger partial charge in [-0.3, -0.25) is 0 Å². The van der Waals surface area contributed by atoms with Crippen molar-refractivity contribution in [3.05, 3.63) is 11.3 Å². The molecule has 1 aromatic heterocycles. The van der Waals surface area contributed by atoms with E-state index in [0.717, 1.165) is 31.1 Å². The molecule has 0 aliphatic heterocycles. The molecular formula is C12H19N3O3S.